The smallest absolute Gasteiger partial charge is 0.161 e. The van der Waals surface area contributed by atoms with Gasteiger partial charge in [-0.05, 0) is 51.8 Å². The van der Waals surface area contributed by atoms with Gasteiger partial charge in [0.15, 0.2) is 23.0 Å². The molecule has 1 unspecified atom stereocenters. The Morgan fingerprint density at radius 2 is 1.27 bits per heavy atom. The van der Waals surface area contributed by atoms with E-state index < -0.39 is 0 Å². The third kappa shape index (κ3) is 7.45. The molecule has 0 aliphatic rings. The summed E-state index contributed by atoms with van der Waals surface area (Å²) in [5, 5.41) is 19.7. The summed E-state index contributed by atoms with van der Waals surface area (Å²) < 4.78 is 10.5. The van der Waals surface area contributed by atoms with E-state index in [9.17, 15) is 10.2 Å². The fraction of sp³-hybridized carbons (Fsp3) is 0.379. The van der Waals surface area contributed by atoms with Crippen LogP contribution in [-0.2, 0) is 0 Å². The van der Waals surface area contributed by atoms with Gasteiger partial charge in [-0.1, -0.05) is 84.1 Å². The van der Waals surface area contributed by atoms with E-state index in [1.807, 2.05) is 30.3 Å². The molecular formula is C29H38O4. The molecule has 0 fully saturated rings. The maximum absolute atomic E-state index is 9.86. The van der Waals surface area contributed by atoms with E-state index in [1.165, 1.54) is 5.57 Å². The van der Waals surface area contributed by atoms with Crippen LogP contribution in [0.15, 0.2) is 60.2 Å². The predicted octanol–water partition coefficient (Wildman–Crippen LogP) is 7.48. The molecule has 2 N–H and O–H groups in total. The lowest BCUT2D eigenvalue weighted by atomic mass is 9.76. The van der Waals surface area contributed by atoms with Crippen LogP contribution in [0.25, 0.3) is 12.2 Å². The number of aromatic hydroxyl groups is 2. The molecule has 0 spiro atoms. The Balaban J connectivity index is 2.43. The highest BCUT2D eigenvalue weighted by atomic mass is 16.5. The molecule has 178 valence electrons. The lowest BCUT2D eigenvalue weighted by Crippen LogP contribution is -2.19. The van der Waals surface area contributed by atoms with Gasteiger partial charge in [-0.2, -0.15) is 0 Å². The molecule has 0 aliphatic carbocycles. The van der Waals surface area contributed by atoms with Gasteiger partial charge in [0.05, 0.1) is 14.2 Å². The zero-order valence-electron chi connectivity index (χ0n) is 21.1. The average Bonchev–Trinajstić information content (AvgIpc) is 2.73. The van der Waals surface area contributed by atoms with Crippen molar-refractivity contribution >= 4 is 12.2 Å². The summed E-state index contributed by atoms with van der Waals surface area (Å²) in [5.74, 6) is 1.35. The Morgan fingerprint density at radius 3 is 1.70 bits per heavy atom. The van der Waals surface area contributed by atoms with Crippen molar-refractivity contribution in [1.82, 2.24) is 0 Å². The standard InChI is InChI=1S/C29H38O4/c1-28(2,3)22(13-9-20-11-15-24(30)26(17-20)32-7)19-23(29(4,5)6)14-10-21-12-16-25(31)27(18-21)33-8/h9-19,22,30-31H,1-8H3/b13-9+,14-10+,23-19-. The largest absolute Gasteiger partial charge is 0.504 e. The van der Waals surface area contributed by atoms with E-state index in [2.05, 4.69) is 65.8 Å². The molecule has 2 rings (SSSR count). The number of hydrogen-bond acceptors (Lipinski definition) is 4. The van der Waals surface area contributed by atoms with E-state index >= 15 is 0 Å². The third-order valence-corrected chi connectivity index (χ3v) is 5.58. The number of ether oxygens (including phenoxy) is 2. The van der Waals surface area contributed by atoms with Crippen molar-refractivity contribution in [2.75, 3.05) is 14.2 Å². The molecule has 0 radical (unpaired) electrons. The quantitative estimate of drug-likeness (QED) is 0.429. The van der Waals surface area contributed by atoms with E-state index in [4.69, 9.17) is 9.47 Å². The highest BCUT2D eigenvalue weighted by Gasteiger charge is 2.23. The first-order valence-corrected chi connectivity index (χ1v) is 11.2. The van der Waals surface area contributed by atoms with Crippen LogP contribution in [0.4, 0.5) is 0 Å². The highest BCUT2D eigenvalue weighted by molar-refractivity contribution is 5.59. The van der Waals surface area contributed by atoms with E-state index in [0.717, 1.165) is 11.1 Å². The van der Waals surface area contributed by atoms with Gasteiger partial charge in [0, 0.05) is 5.92 Å². The topological polar surface area (TPSA) is 58.9 Å². The molecule has 2 aromatic carbocycles. The van der Waals surface area contributed by atoms with Crippen molar-refractivity contribution in [2.45, 2.75) is 41.5 Å². The molecule has 0 bridgehead atoms. The Kier molecular flexibility index (Phi) is 8.43. The van der Waals surface area contributed by atoms with Crippen LogP contribution >= 0.6 is 0 Å². The first-order valence-electron chi connectivity index (χ1n) is 11.2. The van der Waals surface area contributed by atoms with Crippen LogP contribution in [0.2, 0.25) is 0 Å². The number of methoxy groups -OCH3 is 2. The minimum atomic E-state index is -0.0589. The number of hydrogen-bond donors (Lipinski definition) is 2. The Morgan fingerprint density at radius 1 is 0.788 bits per heavy atom. The molecule has 4 heteroatoms. The molecule has 0 saturated heterocycles. The van der Waals surface area contributed by atoms with Gasteiger partial charge in [0.25, 0.3) is 0 Å². The second-order valence-corrected chi connectivity index (χ2v) is 10.3. The number of benzene rings is 2. The van der Waals surface area contributed by atoms with Crippen molar-refractivity contribution < 1.29 is 19.7 Å². The van der Waals surface area contributed by atoms with Gasteiger partial charge in [0.2, 0.25) is 0 Å². The number of rotatable bonds is 7. The lowest BCUT2D eigenvalue weighted by Gasteiger charge is -2.29. The first kappa shape index (κ1) is 26.1. The van der Waals surface area contributed by atoms with Crippen molar-refractivity contribution in [3.63, 3.8) is 0 Å². The predicted molar refractivity (Wildman–Crippen MR) is 138 cm³/mol. The van der Waals surface area contributed by atoms with Crippen LogP contribution < -0.4 is 9.47 Å². The molecule has 0 aromatic heterocycles. The van der Waals surface area contributed by atoms with Crippen LogP contribution in [0.1, 0.15) is 52.7 Å². The Hall–Kier alpha value is -3.14. The molecule has 2 aromatic rings. The molecule has 33 heavy (non-hydrogen) atoms. The zero-order chi connectivity index (χ0) is 24.8. The van der Waals surface area contributed by atoms with Gasteiger partial charge in [0.1, 0.15) is 0 Å². The minimum Gasteiger partial charge on any atom is -0.504 e. The van der Waals surface area contributed by atoms with Crippen molar-refractivity contribution in [3.8, 4) is 23.0 Å². The molecule has 0 heterocycles. The highest BCUT2D eigenvalue weighted by Crippen LogP contribution is 2.36. The van der Waals surface area contributed by atoms with Crippen LogP contribution in [-0.4, -0.2) is 24.4 Å². The second-order valence-electron chi connectivity index (χ2n) is 10.3. The van der Waals surface area contributed by atoms with Crippen LogP contribution in [0, 0.1) is 16.7 Å². The normalized spacial score (nSPS) is 14.1. The monoisotopic (exact) mass is 450 g/mol. The number of phenolic OH excluding ortho intramolecular Hbond substituents is 2. The van der Waals surface area contributed by atoms with Crippen LogP contribution in [0.3, 0.4) is 0 Å². The summed E-state index contributed by atoms with van der Waals surface area (Å²) in [7, 11) is 3.10. The molecular weight excluding hydrogens is 412 g/mol. The van der Waals surface area contributed by atoms with Crippen LogP contribution in [0.5, 0.6) is 23.0 Å². The summed E-state index contributed by atoms with van der Waals surface area (Å²) in [6.45, 7) is 13.3. The molecule has 0 amide bonds. The summed E-state index contributed by atoms with van der Waals surface area (Å²) in [5.41, 5.74) is 3.08. The lowest BCUT2D eigenvalue weighted by molar-refractivity contribution is 0.340. The summed E-state index contributed by atoms with van der Waals surface area (Å²) >= 11 is 0. The average molecular weight is 451 g/mol. The molecule has 1 atom stereocenters. The fourth-order valence-corrected chi connectivity index (χ4v) is 3.34. The van der Waals surface area contributed by atoms with E-state index in [-0.39, 0.29) is 28.2 Å². The van der Waals surface area contributed by atoms with Crippen molar-refractivity contribution in [3.05, 3.63) is 71.3 Å². The minimum absolute atomic E-state index is 0.00357. The molecule has 0 saturated carbocycles. The fourth-order valence-electron chi connectivity index (χ4n) is 3.34. The molecule has 4 nitrogen and oxygen atoms in total. The third-order valence-electron chi connectivity index (χ3n) is 5.58. The Bertz CT molecular complexity index is 1030. The summed E-state index contributed by atoms with van der Waals surface area (Å²) in [6.07, 6.45) is 10.8. The van der Waals surface area contributed by atoms with Gasteiger partial charge in [-0.15, -0.1) is 0 Å². The van der Waals surface area contributed by atoms with E-state index in [0.29, 0.717) is 11.5 Å². The summed E-state index contributed by atoms with van der Waals surface area (Å²) in [6, 6.07) is 10.7. The maximum atomic E-state index is 9.86. The van der Waals surface area contributed by atoms with Crippen molar-refractivity contribution in [1.29, 1.82) is 0 Å². The SMILES string of the molecule is COc1cc(/C=C/C(=C/C(/C=C/c2ccc(O)c(OC)c2)C(C)(C)C)C(C)(C)C)ccc1O. The van der Waals surface area contributed by atoms with Gasteiger partial charge in [-0.25, -0.2) is 0 Å². The van der Waals surface area contributed by atoms with Gasteiger partial charge >= 0.3 is 0 Å². The Labute approximate surface area is 198 Å². The number of phenols is 2. The number of allylic oxidation sites excluding steroid dienone is 4. The zero-order valence-corrected chi connectivity index (χ0v) is 21.1. The van der Waals surface area contributed by atoms with Gasteiger partial charge in [-0.3, -0.25) is 0 Å². The van der Waals surface area contributed by atoms with E-state index in [1.54, 1.807) is 26.4 Å². The first-order chi connectivity index (χ1) is 15.3. The van der Waals surface area contributed by atoms with Gasteiger partial charge < -0.3 is 19.7 Å². The summed E-state index contributed by atoms with van der Waals surface area (Å²) in [4.78, 5) is 0. The molecule has 0 aliphatic heterocycles. The second kappa shape index (κ2) is 10.7. The van der Waals surface area contributed by atoms with Crippen molar-refractivity contribution in [2.24, 2.45) is 16.7 Å². The maximum Gasteiger partial charge on any atom is 0.161 e.